The van der Waals surface area contributed by atoms with Crippen molar-refractivity contribution < 1.29 is 0 Å². The molecule has 0 aliphatic carbocycles. The second-order valence-corrected chi connectivity index (χ2v) is 5.79. The van der Waals surface area contributed by atoms with Crippen molar-refractivity contribution in [2.24, 2.45) is 0 Å². The minimum atomic E-state index is 0.764. The van der Waals surface area contributed by atoms with Gasteiger partial charge >= 0.3 is 0 Å². The van der Waals surface area contributed by atoms with E-state index in [0.29, 0.717) is 0 Å². The Morgan fingerprint density at radius 2 is 1.94 bits per heavy atom. The van der Waals surface area contributed by atoms with Crippen molar-refractivity contribution in [1.29, 1.82) is 0 Å². The molecule has 1 nitrogen and oxygen atoms in total. The summed E-state index contributed by atoms with van der Waals surface area (Å²) in [5.74, 6) is 0. The monoisotopic (exact) mass is 279 g/mol. The molecule has 86 valence electrons. The molecule has 1 aromatic heterocycles. The smallest absolute Gasteiger partial charge is 0.0480 e. The van der Waals surface area contributed by atoms with E-state index >= 15 is 0 Å². The van der Waals surface area contributed by atoms with Crippen molar-refractivity contribution in [2.45, 2.75) is 4.90 Å². The van der Waals surface area contributed by atoms with Crippen molar-refractivity contribution in [3.8, 4) is 0 Å². The summed E-state index contributed by atoms with van der Waals surface area (Å²) in [6.07, 6.45) is 0. The Bertz CT molecular complexity index is 718. The van der Waals surface area contributed by atoms with Crippen LogP contribution in [0.4, 0.5) is 5.69 Å². The summed E-state index contributed by atoms with van der Waals surface area (Å²) in [5, 5.41) is 6.28. The van der Waals surface area contributed by atoms with Gasteiger partial charge in [0.2, 0.25) is 0 Å². The fourth-order valence-corrected chi connectivity index (χ4v) is 3.79. The van der Waals surface area contributed by atoms with Gasteiger partial charge < -0.3 is 5.32 Å². The van der Waals surface area contributed by atoms with E-state index in [1.165, 1.54) is 20.2 Å². The third-order valence-electron chi connectivity index (χ3n) is 2.84. The van der Waals surface area contributed by atoms with Gasteiger partial charge in [-0.2, -0.15) is 0 Å². The van der Waals surface area contributed by atoms with E-state index in [0.717, 1.165) is 15.6 Å². The van der Waals surface area contributed by atoms with Crippen LogP contribution >= 0.6 is 35.6 Å². The molecule has 0 fully saturated rings. The summed E-state index contributed by atoms with van der Waals surface area (Å²) in [5.41, 5.74) is 1.04. The standard InChI is InChI=1S/C13H10ClNS2/c1-15-9-3-5-11-12(13(9)16)8-6-7(14)2-4-10(8)17-11/h2-6,15-16H,1H3. The highest BCUT2D eigenvalue weighted by Gasteiger charge is 2.10. The van der Waals surface area contributed by atoms with Gasteiger partial charge in [-0.05, 0) is 30.3 Å². The second kappa shape index (κ2) is 4.09. The number of benzene rings is 2. The number of hydrogen-bond donors (Lipinski definition) is 2. The van der Waals surface area contributed by atoms with Gasteiger partial charge in [0.15, 0.2) is 0 Å². The van der Waals surface area contributed by atoms with E-state index in [4.69, 9.17) is 11.6 Å². The van der Waals surface area contributed by atoms with Gasteiger partial charge in [0, 0.05) is 42.8 Å². The van der Waals surface area contributed by atoms with Crippen LogP contribution in [0.5, 0.6) is 0 Å². The first-order valence-electron chi connectivity index (χ1n) is 5.22. The van der Waals surface area contributed by atoms with Gasteiger partial charge in [-0.25, -0.2) is 0 Å². The molecule has 0 aliphatic heterocycles. The molecule has 2 aromatic carbocycles. The molecule has 0 atom stereocenters. The van der Waals surface area contributed by atoms with Gasteiger partial charge in [0.25, 0.3) is 0 Å². The Kier molecular flexibility index (Phi) is 2.69. The Hall–Kier alpha value is -0.900. The first kappa shape index (κ1) is 11.2. The molecule has 4 heteroatoms. The van der Waals surface area contributed by atoms with Crippen LogP contribution in [-0.4, -0.2) is 7.05 Å². The van der Waals surface area contributed by atoms with Crippen molar-refractivity contribution in [2.75, 3.05) is 12.4 Å². The van der Waals surface area contributed by atoms with Crippen molar-refractivity contribution in [3.05, 3.63) is 35.4 Å². The normalized spacial score (nSPS) is 11.2. The maximum Gasteiger partial charge on any atom is 0.0480 e. The van der Waals surface area contributed by atoms with Crippen LogP contribution in [-0.2, 0) is 0 Å². The molecule has 0 aliphatic rings. The summed E-state index contributed by atoms with van der Waals surface area (Å²) in [6.45, 7) is 0. The molecule has 17 heavy (non-hydrogen) atoms. The lowest BCUT2D eigenvalue weighted by molar-refractivity contribution is 1.45. The summed E-state index contributed by atoms with van der Waals surface area (Å²) in [7, 11) is 1.91. The fourth-order valence-electron chi connectivity index (χ4n) is 2.02. The molecule has 3 rings (SSSR count). The number of hydrogen-bond acceptors (Lipinski definition) is 3. The molecule has 1 N–H and O–H groups in total. The maximum absolute atomic E-state index is 6.07. The van der Waals surface area contributed by atoms with Gasteiger partial charge in [0.05, 0.1) is 0 Å². The van der Waals surface area contributed by atoms with Gasteiger partial charge in [-0.15, -0.1) is 24.0 Å². The second-order valence-electron chi connectivity index (χ2n) is 3.83. The topological polar surface area (TPSA) is 12.0 Å². The highest BCUT2D eigenvalue weighted by Crippen LogP contribution is 2.41. The summed E-state index contributed by atoms with van der Waals surface area (Å²) >= 11 is 12.5. The predicted molar refractivity (Wildman–Crippen MR) is 81.1 cm³/mol. The van der Waals surface area contributed by atoms with E-state index < -0.39 is 0 Å². The predicted octanol–water partition coefficient (Wildman–Crippen LogP) is 5.04. The largest absolute Gasteiger partial charge is 0.387 e. The number of halogens is 1. The lowest BCUT2D eigenvalue weighted by atomic mass is 10.1. The molecule has 0 spiro atoms. The number of rotatable bonds is 1. The van der Waals surface area contributed by atoms with Crippen LogP contribution in [0.1, 0.15) is 0 Å². The molecule has 0 saturated heterocycles. The molecule has 0 unspecified atom stereocenters. The highest BCUT2D eigenvalue weighted by atomic mass is 35.5. The molecule has 0 amide bonds. The third-order valence-corrected chi connectivity index (χ3v) is 4.68. The van der Waals surface area contributed by atoms with Crippen LogP contribution in [0, 0.1) is 0 Å². The molecule has 0 radical (unpaired) electrons. The molecule has 1 heterocycles. The molecular formula is C13H10ClNS2. The van der Waals surface area contributed by atoms with E-state index in [9.17, 15) is 0 Å². The lowest BCUT2D eigenvalue weighted by Crippen LogP contribution is -1.88. The van der Waals surface area contributed by atoms with E-state index in [1.807, 2.05) is 19.2 Å². The summed E-state index contributed by atoms with van der Waals surface area (Å²) < 4.78 is 2.49. The minimum absolute atomic E-state index is 0.764. The number of thiol groups is 1. The lowest BCUT2D eigenvalue weighted by Gasteiger charge is -2.05. The summed E-state index contributed by atoms with van der Waals surface area (Å²) in [4.78, 5) is 0.985. The van der Waals surface area contributed by atoms with E-state index in [1.54, 1.807) is 11.3 Å². The zero-order valence-corrected chi connectivity index (χ0v) is 11.6. The molecule has 0 bridgehead atoms. The summed E-state index contributed by atoms with van der Waals surface area (Å²) in [6, 6.07) is 10.2. The van der Waals surface area contributed by atoms with Crippen LogP contribution in [0.2, 0.25) is 5.02 Å². The molecule has 0 saturated carbocycles. The number of anilines is 1. The highest BCUT2D eigenvalue weighted by molar-refractivity contribution is 7.80. The van der Waals surface area contributed by atoms with Crippen molar-refractivity contribution in [3.63, 3.8) is 0 Å². The quantitative estimate of drug-likeness (QED) is 0.595. The van der Waals surface area contributed by atoms with E-state index in [-0.39, 0.29) is 0 Å². The van der Waals surface area contributed by atoms with Crippen LogP contribution < -0.4 is 5.32 Å². The van der Waals surface area contributed by atoms with Crippen LogP contribution in [0.15, 0.2) is 35.2 Å². The van der Waals surface area contributed by atoms with Crippen molar-refractivity contribution in [1.82, 2.24) is 0 Å². The van der Waals surface area contributed by atoms with Crippen LogP contribution in [0.25, 0.3) is 20.2 Å². The zero-order valence-electron chi connectivity index (χ0n) is 9.12. The first-order valence-corrected chi connectivity index (χ1v) is 6.86. The minimum Gasteiger partial charge on any atom is -0.387 e. The van der Waals surface area contributed by atoms with Gasteiger partial charge in [-0.3, -0.25) is 0 Å². The van der Waals surface area contributed by atoms with E-state index in [2.05, 4.69) is 36.1 Å². The van der Waals surface area contributed by atoms with Crippen molar-refractivity contribution >= 4 is 61.4 Å². The molecule has 3 aromatic rings. The Morgan fingerprint density at radius 1 is 1.18 bits per heavy atom. The van der Waals surface area contributed by atoms with Gasteiger partial charge in [0.1, 0.15) is 0 Å². The number of thiophene rings is 1. The van der Waals surface area contributed by atoms with Gasteiger partial charge in [-0.1, -0.05) is 11.6 Å². The zero-order chi connectivity index (χ0) is 12.0. The first-order chi connectivity index (χ1) is 8.20. The Balaban J connectivity index is 2.52. The maximum atomic E-state index is 6.07. The third kappa shape index (κ3) is 1.69. The average molecular weight is 280 g/mol. The number of fused-ring (bicyclic) bond motifs is 3. The van der Waals surface area contributed by atoms with Crippen LogP contribution in [0.3, 0.4) is 0 Å². The average Bonchev–Trinajstić information content (AvgIpc) is 2.68. The Labute approximate surface area is 114 Å². The Morgan fingerprint density at radius 3 is 2.71 bits per heavy atom. The number of nitrogens with one attached hydrogen (secondary N) is 1. The fraction of sp³-hybridized carbons (Fsp3) is 0.0769. The molecular weight excluding hydrogens is 270 g/mol. The SMILES string of the molecule is CNc1ccc2sc3ccc(Cl)cc3c2c1S.